The van der Waals surface area contributed by atoms with Crippen LogP contribution in [-0.4, -0.2) is 0 Å². The maximum absolute atomic E-state index is 2.62. The smallest absolute Gasteiger partial charge is 0.0736 e. The lowest BCUT2D eigenvalue weighted by Gasteiger charge is -2.40. The van der Waals surface area contributed by atoms with Crippen molar-refractivity contribution in [1.29, 1.82) is 0 Å². The Balaban J connectivity index is 0.589. The van der Waals surface area contributed by atoms with E-state index >= 15 is 0 Å². The van der Waals surface area contributed by atoms with Crippen molar-refractivity contribution in [1.82, 2.24) is 0 Å². The lowest BCUT2D eigenvalue weighted by atomic mass is 9.67. The minimum absolute atomic E-state index is 0.505. The van der Waals surface area contributed by atoms with Crippen LogP contribution in [0.3, 0.4) is 0 Å². The van der Waals surface area contributed by atoms with Crippen LogP contribution < -0.4 is 9.80 Å². The van der Waals surface area contributed by atoms with E-state index in [2.05, 4.69) is 447 Å². The van der Waals surface area contributed by atoms with Crippen LogP contribution in [0.15, 0.2) is 476 Å². The lowest BCUT2D eigenvalue weighted by molar-refractivity contribution is 0.722. The highest BCUT2D eigenvalue weighted by Crippen LogP contribution is 2.70. The van der Waals surface area contributed by atoms with Crippen LogP contribution in [0.4, 0.5) is 34.1 Å². The van der Waals surface area contributed by atoms with E-state index in [-0.39, 0.29) is 0 Å². The van der Waals surface area contributed by atoms with Gasteiger partial charge >= 0.3 is 0 Å². The Kier molecular flexibility index (Phi) is 15.7. The van der Waals surface area contributed by atoms with Crippen LogP contribution in [0.1, 0.15) is 89.0 Å². The van der Waals surface area contributed by atoms with Crippen molar-refractivity contribution in [3.63, 3.8) is 0 Å². The Bertz CT molecular complexity index is 8750. The summed E-state index contributed by atoms with van der Waals surface area (Å²) < 4.78 is 5.05. The van der Waals surface area contributed by atoms with Gasteiger partial charge in [-0.2, -0.15) is 0 Å². The molecule has 0 saturated heterocycles. The third-order valence-electron chi connectivity index (χ3n) is 30.1. The number of nitrogens with zero attached hydrogens (tertiary/aromatic N) is 2. The number of anilines is 6. The predicted octanol–water partition coefficient (Wildman–Crippen LogP) is 34.3. The van der Waals surface area contributed by atoms with Gasteiger partial charge in [0.15, 0.2) is 0 Å². The second-order valence-corrected chi connectivity index (χ2v) is 42.6. The van der Waals surface area contributed by atoms with Gasteiger partial charge in [0.25, 0.3) is 0 Å². The molecule has 8 aliphatic rings. The second kappa shape index (κ2) is 27.7. The van der Waals surface area contributed by atoms with Crippen molar-refractivity contribution < 1.29 is 0 Å². The first kappa shape index (κ1) is 74.6. The topological polar surface area (TPSA) is 6.48 Å². The van der Waals surface area contributed by atoms with E-state index in [1.54, 1.807) is 0 Å². The third kappa shape index (κ3) is 9.80. The fourth-order valence-corrected chi connectivity index (χ4v) is 32.1. The Labute approximate surface area is 789 Å². The van der Waals surface area contributed by atoms with Crippen LogP contribution in [-0.2, 0) is 21.7 Å². The summed E-state index contributed by atoms with van der Waals surface area (Å²) in [5, 5.41) is 5.02. The van der Waals surface area contributed by atoms with Crippen molar-refractivity contribution in [3.05, 3.63) is 526 Å². The van der Waals surface area contributed by atoms with Crippen LogP contribution in [0.25, 0.3) is 96.0 Å². The first-order valence-electron chi connectivity index (χ1n) is 45.4. The molecule has 8 heteroatoms. The Morgan fingerprint density at radius 1 is 0.159 bits per heavy atom. The third-order valence-corrected chi connectivity index (χ3v) is 37.1. The summed E-state index contributed by atoms with van der Waals surface area (Å²) in [7, 11) is 0. The first-order valence-corrected chi connectivity index (χ1v) is 50.3. The zero-order valence-corrected chi connectivity index (χ0v) is 75.8. The zero-order valence-electron chi connectivity index (χ0n) is 70.9. The quantitative estimate of drug-likeness (QED) is 0.156. The highest BCUT2D eigenvalue weighted by Gasteiger charge is 2.56. The summed E-state index contributed by atoms with van der Waals surface area (Å²) in [6.07, 6.45) is 0. The molecule has 0 amide bonds. The van der Waals surface area contributed by atoms with Crippen LogP contribution in [0.2, 0.25) is 0 Å². The van der Waals surface area contributed by atoms with Gasteiger partial charge in [-0.15, -0.1) is 22.7 Å². The highest BCUT2D eigenvalue weighted by atomic mass is 32.2. The van der Waals surface area contributed by atoms with Gasteiger partial charge in [-0.1, -0.05) is 344 Å². The maximum atomic E-state index is 2.62. The molecule has 1 atom stereocenters. The van der Waals surface area contributed by atoms with Gasteiger partial charge in [-0.05, 0) is 284 Å². The molecule has 1 unspecified atom stereocenters. The summed E-state index contributed by atoms with van der Waals surface area (Å²) in [6, 6.07) is 169. The summed E-state index contributed by atoms with van der Waals surface area (Å²) in [5.41, 5.74) is 38.0. The fourth-order valence-electron chi connectivity index (χ4n) is 25.0. The lowest BCUT2D eigenvalue weighted by Crippen LogP contribution is -2.32. The zero-order chi connectivity index (χ0) is 86.0. The molecule has 0 bridgehead atoms. The number of fused-ring (bicyclic) bond motifs is 42. The van der Waals surface area contributed by atoms with E-state index in [4.69, 9.17) is 0 Å². The number of rotatable bonds is 7. The standard InChI is InChI=1S/C124H72N2S6/c1-6-32-92-80(26-1)85-60-55-79(72-107(85)123(92)102-40-14-22-49-116(102)130-117-50-23-15-41-103(117)123)126(77-57-63-97-89(69-77)83-29-4-9-35-95(83)122(97)100-38-12-20-47-114(100)129-115-48-21-13-39-101(115)122)108-43-25-31-87-90-66-73(53-64-111(90)132-120(87)108)74-52-61-105-119(67-74)131-118-51-24-16-42-104(118)124(105)93-33-7-2-27-81(93)84-59-54-78(71-106(84)124)125(76-58-65-110-91(70-76)86-30-5-17-44-109(86)127-110)75-56-62-96-88(68-75)82-28-3-8-34-94(82)121(96)98-36-10-18-45-112(98)128-113-46-19-11-37-99(113)121/h1-72H. The van der Waals surface area contributed by atoms with Gasteiger partial charge in [-0.25, -0.2) is 0 Å². The van der Waals surface area contributed by atoms with E-state index in [1.165, 1.54) is 224 Å². The molecule has 2 aromatic heterocycles. The average molecular weight is 1780 g/mol. The first-order chi connectivity index (χ1) is 65.4. The summed E-state index contributed by atoms with van der Waals surface area (Å²) in [6.45, 7) is 0. The van der Waals surface area contributed by atoms with Crippen molar-refractivity contribution in [2.75, 3.05) is 9.80 Å². The van der Waals surface area contributed by atoms with E-state index < -0.39 is 21.7 Å². The molecule has 0 fully saturated rings. The van der Waals surface area contributed by atoms with E-state index in [1.807, 2.05) is 69.7 Å². The molecule has 0 saturated carbocycles. The number of benzene rings is 20. The summed E-state index contributed by atoms with van der Waals surface area (Å²) in [5.74, 6) is 0. The van der Waals surface area contributed by atoms with Gasteiger partial charge in [0, 0.05) is 103 Å². The molecule has 0 radical (unpaired) electrons. The largest absolute Gasteiger partial charge is 0.310 e. The van der Waals surface area contributed by atoms with Crippen molar-refractivity contribution in [2.24, 2.45) is 0 Å². The van der Waals surface area contributed by atoms with Gasteiger partial charge in [0.2, 0.25) is 0 Å². The molecule has 4 spiro atoms. The van der Waals surface area contributed by atoms with Crippen LogP contribution >= 0.6 is 69.7 Å². The molecule has 22 aromatic rings. The Morgan fingerprint density at radius 2 is 0.455 bits per heavy atom. The van der Waals surface area contributed by atoms with Crippen LogP contribution in [0, 0.1) is 0 Å². The minimum atomic E-state index is -0.682. The molecule has 30 rings (SSSR count). The maximum Gasteiger partial charge on any atom is 0.0736 e. The fraction of sp³-hybridized carbons (Fsp3) is 0.0323. The average Bonchev–Trinajstić information content (AvgIpc) is 1.50. The SMILES string of the molecule is c1ccc2c(c1)Sc1ccccc1C21c2ccccc2-c2cc(N(c3ccc4c(c3)C3(c5ccccc5Sc5cc(-c6ccc7sc8c(N(c9ccc%10c(c9)-c9ccccc9C%109c%10ccccc%10Sc%10ccccc%109)c9ccc%10c(c9)C9(c%11ccccc%11Sc%11ccccc%119)c9ccccc9-%10)cccc8c7c6)ccc53)c3ccccc3-4)c3ccc4sc5ccccc5c4c3)ccc21. The van der Waals surface area contributed by atoms with Gasteiger partial charge < -0.3 is 9.80 Å². The Morgan fingerprint density at radius 3 is 0.939 bits per heavy atom. The number of hydrogen-bond donors (Lipinski definition) is 0. The number of hydrogen-bond acceptors (Lipinski definition) is 8. The normalized spacial score (nSPS) is 15.7. The number of thiophene rings is 2. The van der Waals surface area contributed by atoms with Gasteiger partial charge in [0.1, 0.15) is 0 Å². The van der Waals surface area contributed by atoms with E-state index in [9.17, 15) is 0 Å². The van der Waals surface area contributed by atoms with Crippen molar-refractivity contribution >= 4 is 144 Å². The monoisotopic (exact) mass is 1780 g/mol. The van der Waals surface area contributed by atoms with E-state index in [0.29, 0.717) is 0 Å². The molecule has 4 aliphatic heterocycles. The molecule has 132 heavy (non-hydrogen) atoms. The molecule has 20 aromatic carbocycles. The molecule has 614 valence electrons. The minimum Gasteiger partial charge on any atom is -0.310 e. The molecule has 2 nitrogen and oxygen atoms in total. The summed E-state index contributed by atoms with van der Waals surface area (Å²) >= 11 is 11.4. The van der Waals surface area contributed by atoms with Crippen molar-refractivity contribution in [2.45, 2.75) is 60.8 Å². The molecular weight excluding hydrogens is 1710 g/mol. The predicted molar refractivity (Wildman–Crippen MR) is 553 cm³/mol. The van der Waals surface area contributed by atoms with E-state index in [0.717, 1.165) is 34.1 Å². The van der Waals surface area contributed by atoms with Gasteiger partial charge in [0.05, 0.1) is 32.0 Å². The molecule has 0 N–H and O–H groups in total. The second-order valence-electron chi connectivity index (χ2n) is 36.1. The Hall–Kier alpha value is -14.2. The van der Waals surface area contributed by atoms with Gasteiger partial charge in [-0.3, -0.25) is 0 Å². The molecular formula is C124H72N2S6. The molecule has 6 heterocycles. The van der Waals surface area contributed by atoms with Crippen LogP contribution in [0.5, 0.6) is 0 Å². The van der Waals surface area contributed by atoms with Crippen molar-refractivity contribution in [3.8, 4) is 55.6 Å². The highest BCUT2D eigenvalue weighted by molar-refractivity contribution is 8.00. The molecule has 4 aliphatic carbocycles. The summed E-state index contributed by atoms with van der Waals surface area (Å²) in [4.78, 5) is 15.5.